The number of imidazole rings is 1. The first kappa shape index (κ1) is 13.0. The molecule has 0 aliphatic heterocycles. The Morgan fingerprint density at radius 2 is 1.90 bits per heavy atom. The van der Waals surface area contributed by atoms with Crippen molar-refractivity contribution in [3.63, 3.8) is 0 Å². The molecule has 0 saturated carbocycles. The van der Waals surface area contributed by atoms with Gasteiger partial charge in [0.05, 0.1) is 26.6 Å². The lowest BCUT2D eigenvalue weighted by molar-refractivity contribution is 0.101. The maximum absolute atomic E-state index is 12.2. The lowest BCUT2D eigenvalue weighted by atomic mass is 10.2. The van der Waals surface area contributed by atoms with Gasteiger partial charge in [-0.2, -0.15) is 0 Å². The number of fused-ring (bicyclic) bond motifs is 1. The molecular formula is C14H9Cl2N3O. The summed E-state index contributed by atoms with van der Waals surface area (Å²) < 4.78 is 1.55. The van der Waals surface area contributed by atoms with Gasteiger partial charge < -0.3 is 0 Å². The Labute approximate surface area is 124 Å². The van der Waals surface area contributed by atoms with Crippen LogP contribution in [0, 0.1) is 0 Å². The number of carbonyl (C=O) groups excluding carboxylic acids is 1. The van der Waals surface area contributed by atoms with E-state index in [1.807, 2.05) is 24.3 Å². The van der Waals surface area contributed by atoms with Crippen LogP contribution in [0.3, 0.4) is 0 Å². The summed E-state index contributed by atoms with van der Waals surface area (Å²) in [5.74, 6) is -0.347. The zero-order valence-electron chi connectivity index (χ0n) is 10.2. The van der Waals surface area contributed by atoms with E-state index in [1.165, 1.54) is 0 Å². The highest BCUT2D eigenvalue weighted by molar-refractivity contribution is 6.44. The van der Waals surface area contributed by atoms with Crippen LogP contribution in [0.15, 0.2) is 48.8 Å². The minimum absolute atomic E-state index is 0.232. The van der Waals surface area contributed by atoms with Crippen LogP contribution in [0.2, 0.25) is 10.0 Å². The molecule has 0 radical (unpaired) electrons. The number of aromatic nitrogens is 2. The number of halogens is 2. The van der Waals surface area contributed by atoms with Crippen LogP contribution < -0.4 is 5.43 Å². The summed E-state index contributed by atoms with van der Waals surface area (Å²) in [7, 11) is 0. The molecular weight excluding hydrogens is 297 g/mol. The summed E-state index contributed by atoms with van der Waals surface area (Å²) in [6, 6.07) is 12.4. The van der Waals surface area contributed by atoms with E-state index in [2.05, 4.69) is 10.4 Å². The molecule has 0 bridgehead atoms. The van der Waals surface area contributed by atoms with E-state index in [1.54, 1.807) is 29.2 Å². The number of hydrogen-bond acceptors (Lipinski definition) is 2. The third-order valence-corrected chi connectivity index (χ3v) is 3.69. The van der Waals surface area contributed by atoms with E-state index in [0.29, 0.717) is 10.6 Å². The summed E-state index contributed by atoms with van der Waals surface area (Å²) in [5, 5.41) is 0.575. The topological polar surface area (TPSA) is 46.9 Å². The molecule has 0 spiro atoms. The molecule has 1 heterocycles. The zero-order valence-corrected chi connectivity index (χ0v) is 11.7. The van der Waals surface area contributed by atoms with Gasteiger partial charge in [0.1, 0.15) is 6.33 Å². The standard InChI is InChI=1S/C14H9Cl2N3O/c15-10-5-3-4-9(13(10)16)14(20)18-19-8-17-11-6-1-2-7-12(11)19/h1-8H,(H,18,20). The Morgan fingerprint density at radius 1 is 1.10 bits per heavy atom. The predicted molar refractivity (Wildman–Crippen MR) is 79.9 cm³/mol. The maximum Gasteiger partial charge on any atom is 0.271 e. The second kappa shape index (κ2) is 5.15. The molecule has 1 aromatic heterocycles. The van der Waals surface area contributed by atoms with Gasteiger partial charge in [-0.3, -0.25) is 10.2 Å². The molecule has 6 heteroatoms. The Bertz CT molecular complexity index is 798. The third-order valence-electron chi connectivity index (χ3n) is 2.87. The first-order chi connectivity index (χ1) is 9.66. The van der Waals surface area contributed by atoms with Crippen molar-refractivity contribution in [2.24, 2.45) is 0 Å². The van der Waals surface area contributed by atoms with Crippen LogP contribution in [0.4, 0.5) is 0 Å². The van der Waals surface area contributed by atoms with E-state index in [0.717, 1.165) is 11.0 Å². The Balaban J connectivity index is 1.95. The van der Waals surface area contributed by atoms with E-state index in [9.17, 15) is 4.79 Å². The monoisotopic (exact) mass is 305 g/mol. The first-order valence-corrected chi connectivity index (χ1v) is 6.60. The fraction of sp³-hybridized carbons (Fsp3) is 0. The first-order valence-electron chi connectivity index (χ1n) is 5.84. The van der Waals surface area contributed by atoms with E-state index in [4.69, 9.17) is 23.2 Å². The van der Waals surface area contributed by atoms with Crippen LogP contribution in [0.1, 0.15) is 10.4 Å². The zero-order chi connectivity index (χ0) is 14.1. The maximum atomic E-state index is 12.2. The molecule has 2 aromatic carbocycles. The molecule has 3 rings (SSSR count). The van der Waals surface area contributed by atoms with Crippen molar-refractivity contribution in [1.82, 2.24) is 9.66 Å². The van der Waals surface area contributed by atoms with Gasteiger partial charge in [0.15, 0.2) is 0 Å². The average molecular weight is 306 g/mol. The molecule has 4 nitrogen and oxygen atoms in total. The fourth-order valence-electron chi connectivity index (χ4n) is 1.90. The van der Waals surface area contributed by atoms with Crippen molar-refractivity contribution in [2.75, 3.05) is 5.43 Å². The summed E-state index contributed by atoms with van der Waals surface area (Å²) in [4.78, 5) is 16.4. The van der Waals surface area contributed by atoms with Crippen LogP contribution in [-0.4, -0.2) is 15.6 Å². The van der Waals surface area contributed by atoms with Crippen molar-refractivity contribution in [1.29, 1.82) is 0 Å². The Hall–Kier alpha value is -2.04. The molecule has 20 heavy (non-hydrogen) atoms. The summed E-state index contributed by atoms with van der Waals surface area (Å²) >= 11 is 11.9. The van der Waals surface area contributed by atoms with Gasteiger partial charge in [0.2, 0.25) is 0 Å². The second-order valence-corrected chi connectivity index (χ2v) is 4.93. The molecule has 3 aromatic rings. The van der Waals surface area contributed by atoms with Crippen molar-refractivity contribution in [2.45, 2.75) is 0 Å². The molecule has 1 N–H and O–H groups in total. The lowest BCUT2D eigenvalue weighted by Gasteiger charge is -2.08. The van der Waals surface area contributed by atoms with Crippen LogP contribution in [0.25, 0.3) is 11.0 Å². The molecule has 0 atom stereocenters. The summed E-state index contributed by atoms with van der Waals surface area (Å²) in [6.45, 7) is 0. The number of nitrogens with one attached hydrogen (secondary N) is 1. The minimum Gasteiger partial charge on any atom is -0.267 e. The van der Waals surface area contributed by atoms with E-state index in [-0.39, 0.29) is 10.9 Å². The van der Waals surface area contributed by atoms with Gasteiger partial charge >= 0.3 is 0 Å². The summed E-state index contributed by atoms with van der Waals surface area (Å²) in [5.41, 5.74) is 4.64. The van der Waals surface area contributed by atoms with Gasteiger partial charge in [0.25, 0.3) is 5.91 Å². The molecule has 0 aliphatic carbocycles. The van der Waals surface area contributed by atoms with Gasteiger partial charge in [-0.1, -0.05) is 41.4 Å². The number of rotatable bonds is 2. The smallest absolute Gasteiger partial charge is 0.267 e. The predicted octanol–water partition coefficient (Wildman–Crippen LogP) is 3.73. The molecule has 1 amide bonds. The third kappa shape index (κ3) is 2.24. The lowest BCUT2D eigenvalue weighted by Crippen LogP contribution is -2.22. The van der Waals surface area contributed by atoms with Gasteiger partial charge in [-0.25, -0.2) is 9.66 Å². The largest absolute Gasteiger partial charge is 0.271 e. The second-order valence-electron chi connectivity index (χ2n) is 4.15. The highest BCUT2D eigenvalue weighted by Crippen LogP contribution is 2.25. The average Bonchev–Trinajstić information content (AvgIpc) is 2.85. The summed E-state index contributed by atoms with van der Waals surface area (Å²) in [6.07, 6.45) is 1.54. The number of amides is 1. The number of carbonyl (C=O) groups is 1. The fourth-order valence-corrected chi connectivity index (χ4v) is 2.28. The van der Waals surface area contributed by atoms with Gasteiger partial charge in [0, 0.05) is 0 Å². The number of benzene rings is 2. The SMILES string of the molecule is O=C(Nn1cnc2ccccc21)c1cccc(Cl)c1Cl. The van der Waals surface area contributed by atoms with Crippen molar-refractivity contribution in [3.05, 3.63) is 64.4 Å². The molecule has 0 unspecified atom stereocenters. The van der Waals surface area contributed by atoms with Crippen molar-refractivity contribution >= 4 is 40.1 Å². The van der Waals surface area contributed by atoms with Crippen molar-refractivity contribution in [3.8, 4) is 0 Å². The van der Waals surface area contributed by atoms with Gasteiger partial charge in [-0.05, 0) is 24.3 Å². The Morgan fingerprint density at radius 3 is 2.75 bits per heavy atom. The number of para-hydroxylation sites is 2. The molecule has 0 aliphatic rings. The van der Waals surface area contributed by atoms with E-state index < -0.39 is 0 Å². The minimum atomic E-state index is -0.347. The van der Waals surface area contributed by atoms with Gasteiger partial charge in [-0.15, -0.1) is 0 Å². The highest BCUT2D eigenvalue weighted by Gasteiger charge is 2.13. The number of nitrogens with zero attached hydrogens (tertiary/aromatic N) is 2. The molecule has 0 saturated heterocycles. The normalized spacial score (nSPS) is 10.7. The number of hydrogen-bond donors (Lipinski definition) is 1. The van der Waals surface area contributed by atoms with Crippen LogP contribution >= 0.6 is 23.2 Å². The quantitative estimate of drug-likeness (QED) is 0.784. The molecule has 0 fully saturated rings. The molecule has 100 valence electrons. The highest BCUT2D eigenvalue weighted by atomic mass is 35.5. The van der Waals surface area contributed by atoms with Crippen molar-refractivity contribution < 1.29 is 4.79 Å². The van der Waals surface area contributed by atoms with Crippen LogP contribution in [0.5, 0.6) is 0 Å². The Kier molecular flexibility index (Phi) is 3.34. The van der Waals surface area contributed by atoms with E-state index >= 15 is 0 Å². The van der Waals surface area contributed by atoms with Crippen LogP contribution in [-0.2, 0) is 0 Å².